The Bertz CT molecular complexity index is 1870. The van der Waals surface area contributed by atoms with Crippen molar-refractivity contribution in [1.29, 1.82) is 0 Å². The van der Waals surface area contributed by atoms with Gasteiger partial charge in [0.25, 0.3) is 0 Å². The summed E-state index contributed by atoms with van der Waals surface area (Å²) in [7, 11) is 4.36. The van der Waals surface area contributed by atoms with Gasteiger partial charge in [0.15, 0.2) is 0 Å². The highest BCUT2D eigenvalue weighted by Crippen LogP contribution is 2.38. The van der Waals surface area contributed by atoms with Gasteiger partial charge in [-0.3, -0.25) is 0 Å². The number of hydrogen-bond donors (Lipinski definition) is 0. The molecule has 0 bridgehead atoms. The molecule has 0 radical (unpaired) electrons. The number of nitrogens with zero attached hydrogens (tertiary/aromatic N) is 2. The lowest BCUT2D eigenvalue weighted by atomic mass is 10.00. The van der Waals surface area contributed by atoms with E-state index in [0.717, 1.165) is 0 Å². The van der Waals surface area contributed by atoms with Crippen molar-refractivity contribution in [3.63, 3.8) is 0 Å². The van der Waals surface area contributed by atoms with Gasteiger partial charge in [0, 0.05) is 57.8 Å². The normalized spacial score (nSPS) is 11.8. The lowest BCUT2D eigenvalue weighted by Crippen LogP contribution is -1.91. The Labute approximate surface area is 198 Å². The quantitative estimate of drug-likeness (QED) is 0.258. The first-order valence-corrected chi connectivity index (χ1v) is 11.7. The van der Waals surface area contributed by atoms with Gasteiger partial charge in [-0.1, -0.05) is 91.0 Å². The molecule has 7 aromatic rings. The van der Waals surface area contributed by atoms with Crippen LogP contribution in [0.2, 0.25) is 0 Å². The molecule has 0 saturated heterocycles. The Balaban J connectivity index is 1.49. The SMILES string of the molecule is Cn1c2ccccc2c2ccc(-c3cccc4c5ccc(-c6ccccc6)cc5n(C)c34)cc21. The molecular formula is C32H24N2. The third-order valence-electron chi connectivity index (χ3n) is 7.35. The van der Waals surface area contributed by atoms with Gasteiger partial charge >= 0.3 is 0 Å². The average Bonchev–Trinajstić information content (AvgIpc) is 3.35. The van der Waals surface area contributed by atoms with Crippen LogP contribution >= 0.6 is 0 Å². The minimum Gasteiger partial charge on any atom is -0.344 e. The Morgan fingerprint density at radius 3 is 1.88 bits per heavy atom. The van der Waals surface area contributed by atoms with E-state index in [0.29, 0.717) is 0 Å². The zero-order valence-electron chi connectivity index (χ0n) is 19.3. The van der Waals surface area contributed by atoms with Gasteiger partial charge < -0.3 is 9.13 Å². The summed E-state index contributed by atoms with van der Waals surface area (Å²) in [6.07, 6.45) is 0. The minimum absolute atomic E-state index is 1.25. The lowest BCUT2D eigenvalue weighted by molar-refractivity contribution is 1.01. The molecule has 162 valence electrons. The van der Waals surface area contributed by atoms with E-state index in [2.05, 4.69) is 132 Å². The van der Waals surface area contributed by atoms with Crippen LogP contribution < -0.4 is 0 Å². The first-order valence-electron chi connectivity index (χ1n) is 11.7. The summed E-state index contributed by atoms with van der Waals surface area (Å²) in [6, 6.07) is 39.7. The summed E-state index contributed by atoms with van der Waals surface area (Å²) in [5, 5.41) is 5.21. The van der Waals surface area contributed by atoms with E-state index in [4.69, 9.17) is 0 Å². The molecule has 0 saturated carbocycles. The Morgan fingerprint density at radius 2 is 1.03 bits per heavy atom. The van der Waals surface area contributed by atoms with Crippen molar-refractivity contribution in [3.8, 4) is 22.3 Å². The molecule has 2 nitrogen and oxygen atoms in total. The average molecular weight is 437 g/mol. The van der Waals surface area contributed by atoms with Crippen LogP contribution in [0.25, 0.3) is 65.9 Å². The molecule has 0 aliphatic rings. The van der Waals surface area contributed by atoms with Crippen molar-refractivity contribution < 1.29 is 0 Å². The predicted molar refractivity (Wildman–Crippen MR) is 145 cm³/mol. The highest BCUT2D eigenvalue weighted by Gasteiger charge is 2.15. The molecule has 0 fully saturated rings. The fourth-order valence-corrected chi connectivity index (χ4v) is 5.65. The summed E-state index contributed by atoms with van der Waals surface area (Å²) in [4.78, 5) is 0. The molecule has 0 amide bonds. The second kappa shape index (κ2) is 7.10. The topological polar surface area (TPSA) is 9.86 Å². The maximum atomic E-state index is 2.36. The molecule has 0 aliphatic heterocycles. The number of hydrogen-bond acceptors (Lipinski definition) is 0. The molecule has 0 aliphatic carbocycles. The van der Waals surface area contributed by atoms with Crippen molar-refractivity contribution in [2.45, 2.75) is 0 Å². The molecule has 34 heavy (non-hydrogen) atoms. The molecule has 0 N–H and O–H groups in total. The molecule has 2 heterocycles. The van der Waals surface area contributed by atoms with Gasteiger partial charge in [0.2, 0.25) is 0 Å². The van der Waals surface area contributed by atoms with E-state index in [1.807, 2.05) is 0 Å². The summed E-state index contributed by atoms with van der Waals surface area (Å²) in [5.74, 6) is 0. The van der Waals surface area contributed by atoms with Crippen molar-refractivity contribution in [1.82, 2.24) is 9.13 Å². The number of benzene rings is 5. The number of aryl methyl sites for hydroxylation is 2. The van der Waals surface area contributed by atoms with Crippen molar-refractivity contribution in [3.05, 3.63) is 109 Å². The van der Waals surface area contributed by atoms with Gasteiger partial charge in [-0.15, -0.1) is 0 Å². The molecule has 7 rings (SSSR count). The van der Waals surface area contributed by atoms with E-state index in [1.54, 1.807) is 0 Å². The van der Waals surface area contributed by atoms with Gasteiger partial charge in [-0.25, -0.2) is 0 Å². The van der Waals surface area contributed by atoms with Crippen LogP contribution in [0.5, 0.6) is 0 Å². The summed E-state index contributed by atoms with van der Waals surface area (Å²) < 4.78 is 4.67. The second-order valence-corrected chi connectivity index (χ2v) is 9.17. The molecule has 0 unspecified atom stereocenters. The fourth-order valence-electron chi connectivity index (χ4n) is 5.65. The molecule has 0 atom stereocenters. The molecule has 0 spiro atoms. The van der Waals surface area contributed by atoms with Crippen LogP contribution in [-0.4, -0.2) is 9.13 Å². The van der Waals surface area contributed by atoms with Crippen LogP contribution in [0.1, 0.15) is 0 Å². The zero-order chi connectivity index (χ0) is 22.8. The van der Waals surface area contributed by atoms with Gasteiger partial charge in [-0.2, -0.15) is 0 Å². The largest absolute Gasteiger partial charge is 0.344 e. The minimum atomic E-state index is 1.25. The third kappa shape index (κ3) is 2.63. The van der Waals surface area contributed by atoms with Crippen molar-refractivity contribution in [2.24, 2.45) is 14.1 Å². The Hall–Kier alpha value is -4.30. The Morgan fingerprint density at radius 1 is 0.412 bits per heavy atom. The monoisotopic (exact) mass is 436 g/mol. The van der Waals surface area contributed by atoms with Gasteiger partial charge in [0.1, 0.15) is 0 Å². The molecule has 2 aromatic heterocycles. The second-order valence-electron chi connectivity index (χ2n) is 9.17. The number of aromatic nitrogens is 2. The molecular weight excluding hydrogens is 412 g/mol. The smallest absolute Gasteiger partial charge is 0.0568 e. The lowest BCUT2D eigenvalue weighted by Gasteiger charge is -2.08. The number of fused-ring (bicyclic) bond motifs is 6. The summed E-state index contributed by atoms with van der Waals surface area (Å²) in [5.41, 5.74) is 10.1. The summed E-state index contributed by atoms with van der Waals surface area (Å²) in [6.45, 7) is 0. The zero-order valence-corrected chi connectivity index (χ0v) is 19.3. The standard InChI is InChI=1S/C32H24N2/c1-33-29-14-7-6-11-25(29)26-18-16-23(20-30(26)33)24-12-8-13-28-27-17-15-22(21-9-4-3-5-10-21)19-31(27)34(2)32(24)28/h3-20H,1-2H3. The molecule has 2 heteroatoms. The molecule has 5 aromatic carbocycles. The predicted octanol–water partition coefficient (Wildman–Crippen LogP) is 8.31. The highest BCUT2D eigenvalue weighted by atomic mass is 14.9. The third-order valence-corrected chi connectivity index (χ3v) is 7.35. The maximum absolute atomic E-state index is 2.36. The number of para-hydroxylation sites is 2. The van der Waals surface area contributed by atoms with Crippen LogP contribution in [0.15, 0.2) is 109 Å². The Kier molecular flexibility index (Phi) is 4.01. The van der Waals surface area contributed by atoms with Crippen LogP contribution in [0.4, 0.5) is 0 Å². The maximum Gasteiger partial charge on any atom is 0.0568 e. The number of rotatable bonds is 2. The van der Waals surface area contributed by atoms with Crippen LogP contribution in [-0.2, 0) is 14.1 Å². The van der Waals surface area contributed by atoms with Crippen LogP contribution in [0, 0.1) is 0 Å². The van der Waals surface area contributed by atoms with E-state index >= 15 is 0 Å². The highest BCUT2D eigenvalue weighted by molar-refractivity contribution is 6.14. The fraction of sp³-hybridized carbons (Fsp3) is 0.0625. The van der Waals surface area contributed by atoms with Gasteiger partial charge in [-0.05, 0) is 34.9 Å². The van der Waals surface area contributed by atoms with Gasteiger partial charge in [0.05, 0.1) is 5.52 Å². The van der Waals surface area contributed by atoms with Crippen molar-refractivity contribution >= 4 is 43.6 Å². The first-order chi connectivity index (χ1) is 16.7. The van der Waals surface area contributed by atoms with E-state index < -0.39 is 0 Å². The van der Waals surface area contributed by atoms with E-state index in [1.165, 1.54) is 65.9 Å². The van der Waals surface area contributed by atoms with E-state index in [-0.39, 0.29) is 0 Å². The summed E-state index contributed by atoms with van der Waals surface area (Å²) >= 11 is 0. The first kappa shape index (κ1) is 19.2. The van der Waals surface area contributed by atoms with Crippen LogP contribution in [0.3, 0.4) is 0 Å². The van der Waals surface area contributed by atoms with E-state index in [9.17, 15) is 0 Å². The van der Waals surface area contributed by atoms with Crippen molar-refractivity contribution in [2.75, 3.05) is 0 Å².